The van der Waals surface area contributed by atoms with E-state index >= 15 is 0 Å². The summed E-state index contributed by atoms with van der Waals surface area (Å²) in [5.74, 6) is 0.0906. The van der Waals surface area contributed by atoms with Gasteiger partial charge in [-0.05, 0) is 42.8 Å². The molecule has 0 bridgehead atoms. The number of ether oxygens (including phenoxy) is 1. The molecule has 0 radical (unpaired) electrons. The number of rotatable bonds is 3. The van der Waals surface area contributed by atoms with E-state index in [4.69, 9.17) is 4.74 Å². The molecule has 1 aliphatic rings. The highest BCUT2D eigenvalue weighted by Gasteiger charge is 2.17. The van der Waals surface area contributed by atoms with Crippen LogP contribution in [0.4, 0.5) is 0 Å². The molecule has 23 heavy (non-hydrogen) atoms. The van der Waals surface area contributed by atoms with Gasteiger partial charge in [-0.3, -0.25) is 9.59 Å². The minimum atomic E-state index is -0.0963. The number of nitrogens with one attached hydrogen (secondary N) is 1. The summed E-state index contributed by atoms with van der Waals surface area (Å²) in [6.45, 7) is 6.52. The molecule has 0 spiro atoms. The second-order valence-electron chi connectivity index (χ2n) is 6.09. The molecule has 2 heterocycles. The normalized spacial score (nSPS) is 15.1. The molecule has 1 aromatic heterocycles. The zero-order valence-corrected chi connectivity index (χ0v) is 13.6. The maximum atomic E-state index is 12.3. The third-order valence-electron chi connectivity index (χ3n) is 4.60. The van der Waals surface area contributed by atoms with Crippen molar-refractivity contribution in [2.75, 3.05) is 26.3 Å². The van der Waals surface area contributed by atoms with Crippen LogP contribution in [0.3, 0.4) is 0 Å². The standard InChI is InChI=1S/C18H22N2O3/c1-12-3-4-14-11-15(18(22)19-17(14)13(12)2)5-6-16(21)20-7-9-23-10-8-20/h3-4,11H,5-10H2,1-2H3,(H,19,22). The van der Waals surface area contributed by atoms with Crippen LogP contribution in [0.15, 0.2) is 23.0 Å². The van der Waals surface area contributed by atoms with Crippen LogP contribution in [0.25, 0.3) is 10.9 Å². The van der Waals surface area contributed by atoms with Gasteiger partial charge in [-0.15, -0.1) is 0 Å². The highest BCUT2D eigenvalue weighted by Crippen LogP contribution is 2.19. The Morgan fingerprint density at radius 3 is 2.74 bits per heavy atom. The molecule has 5 nitrogen and oxygen atoms in total. The van der Waals surface area contributed by atoms with Crippen molar-refractivity contribution in [3.05, 3.63) is 45.2 Å². The third-order valence-corrected chi connectivity index (χ3v) is 4.60. The predicted octanol–water partition coefficient (Wildman–Crippen LogP) is 1.94. The fraction of sp³-hybridized carbons (Fsp3) is 0.444. The van der Waals surface area contributed by atoms with Gasteiger partial charge in [0, 0.05) is 25.1 Å². The maximum absolute atomic E-state index is 12.3. The van der Waals surface area contributed by atoms with E-state index in [1.165, 1.54) is 0 Å². The molecular weight excluding hydrogens is 292 g/mol. The number of amides is 1. The summed E-state index contributed by atoms with van der Waals surface area (Å²) in [6.07, 6.45) is 0.827. The molecule has 1 fully saturated rings. The van der Waals surface area contributed by atoms with E-state index in [-0.39, 0.29) is 11.5 Å². The fourth-order valence-electron chi connectivity index (χ4n) is 2.97. The first-order valence-electron chi connectivity index (χ1n) is 8.04. The monoisotopic (exact) mass is 314 g/mol. The number of hydrogen-bond acceptors (Lipinski definition) is 3. The lowest BCUT2D eigenvalue weighted by Crippen LogP contribution is -2.40. The second kappa shape index (κ2) is 6.54. The number of pyridine rings is 1. The highest BCUT2D eigenvalue weighted by molar-refractivity contribution is 5.83. The average Bonchev–Trinajstić information content (AvgIpc) is 2.57. The van der Waals surface area contributed by atoms with Crippen molar-refractivity contribution in [2.45, 2.75) is 26.7 Å². The largest absolute Gasteiger partial charge is 0.378 e. The number of aryl methyl sites for hydroxylation is 3. The van der Waals surface area contributed by atoms with Crippen LogP contribution in [-0.2, 0) is 16.0 Å². The maximum Gasteiger partial charge on any atom is 0.251 e. The summed E-state index contributed by atoms with van der Waals surface area (Å²) in [6, 6.07) is 5.98. The lowest BCUT2D eigenvalue weighted by molar-refractivity contribution is -0.135. The molecule has 2 aromatic rings. The second-order valence-corrected chi connectivity index (χ2v) is 6.09. The first-order valence-corrected chi connectivity index (χ1v) is 8.04. The Labute approximate surface area is 135 Å². The molecule has 1 N–H and O–H groups in total. The summed E-state index contributed by atoms with van der Waals surface area (Å²) in [7, 11) is 0. The number of hydrogen-bond donors (Lipinski definition) is 1. The van der Waals surface area contributed by atoms with Gasteiger partial charge in [-0.25, -0.2) is 0 Å². The van der Waals surface area contributed by atoms with E-state index in [1.807, 2.05) is 30.9 Å². The molecule has 1 saturated heterocycles. The van der Waals surface area contributed by atoms with Crippen molar-refractivity contribution in [3.8, 4) is 0 Å². The zero-order valence-electron chi connectivity index (χ0n) is 13.6. The van der Waals surface area contributed by atoms with Crippen LogP contribution >= 0.6 is 0 Å². The number of H-pyrrole nitrogens is 1. The number of benzene rings is 1. The van der Waals surface area contributed by atoms with Gasteiger partial charge in [0.25, 0.3) is 5.56 Å². The van der Waals surface area contributed by atoms with Crippen LogP contribution in [0.1, 0.15) is 23.1 Å². The van der Waals surface area contributed by atoms with Gasteiger partial charge in [0.15, 0.2) is 0 Å². The summed E-state index contributed by atoms with van der Waals surface area (Å²) in [5.41, 5.74) is 3.71. The average molecular weight is 314 g/mol. The van der Waals surface area contributed by atoms with E-state index in [0.717, 1.165) is 22.0 Å². The van der Waals surface area contributed by atoms with Gasteiger partial charge in [0.1, 0.15) is 0 Å². The minimum absolute atomic E-state index is 0.0906. The first kappa shape index (κ1) is 15.7. The Kier molecular flexibility index (Phi) is 4.48. The molecule has 0 saturated carbocycles. The van der Waals surface area contributed by atoms with Gasteiger partial charge < -0.3 is 14.6 Å². The van der Waals surface area contributed by atoms with Crippen LogP contribution < -0.4 is 5.56 Å². The number of morpholine rings is 1. The van der Waals surface area contributed by atoms with Crippen molar-refractivity contribution in [1.82, 2.24) is 9.88 Å². The van der Waals surface area contributed by atoms with Gasteiger partial charge in [0.2, 0.25) is 5.91 Å². The number of nitrogens with zero attached hydrogens (tertiary/aromatic N) is 1. The smallest absolute Gasteiger partial charge is 0.251 e. The first-order chi connectivity index (χ1) is 11.1. The summed E-state index contributed by atoms with van der Waals surface area (Å²) >= 11 is 0. The van der Waals surface area contributed by atoms with E-state index in [0.29, 0.717) is 44.7 Å². The Morgan fingerprint density at radius 2 is 2.00 bits per heavy atom. The molecule has 0 unspecified atom stereocenters. The third kappa shape index (κ3) is 3.29. The van der Waals surface area contributed by atoms with Crippen molar-refractivity contribution in [3.63, 3.8) is 0 Å². The topological polar surface area (TPSA) is 62.4 Å². The Bertz CT molecular complexity index is 789. The highest BCUT2D eigenvalue weighted by atomic mass is 16.5. The fourth-order valence-corrected chi connectivity index (χ4v) is 2.97. The number of carbonyl (C=O) groups is 1. The minimum Gasteiger partial charge on any atom is -0.378 e. The molecule has 0 aliphatic carbocycles. The Hall–Kier alpha value is -2.14. The van der Waals surface area contributed by atoms with E-state index in [9.17, 15) is 9.59 Å². The van der Waals surface area contributed by atoms with Crippen LogP contribution in [0, 0.1) is 13.8 Å². The molecule has 1 aliphatic heterocycles. The molecule has 1 amide bonds. The van der Waals surface area contributed by atoms with Gasteiger partial charge >= 0.3 is 0 Å². The predicted molar refractivity (Wildman–Crippen MR) is 89.8 cm³/mol. The van der Waals surface area contributed by atoms with Crippen LogP contribution in [-0.4, -0.2) is 42.1 Å². The Morgan fingerprint density at radius 1 is 1.26 bits per heavy atom. The van der Waals surface area contributed by atoms with Crippen LogP contribution in [0.5, 0.6) is 0 Å². The number of fused-ring (bicyclic) bond motifs is 1. The van der Waals surface area contributed by atoms with Gasteiger partial charge in [-0.2, -0.15) is 0 Å². The zero-order chi connectivity index (χ0) is 16.4. The number of carbonyl (C=O) groups excluding carboxylic acids is 1. The van der Waals surface area contributed by atoms with E-state index < -0.39 is 0 Å². The van der Waals surface area contributed by atoms with Crippen molar-refractivity contribution in [2.24, 2.45) is 0 Å². The van der Waals surface area contributed by atoms with Crippen LogP contribution in [0.2, 0.25) is 0 Å². The SMILES string of the molecule is Cc1ccc2cc(CCC(=O)N3CCOCC3)c(=O)[nH]c2c1C. The lowest BCUT2D eigenvalue weighted by Gasteiger charge is -2.26. The molecular formula is C18H22N2O3. The van der Waals surface area contributed by atoms with Crippen molar-refractivity contribution >= 4 is 16.8 Å². The van der Waals surface area contributed by atoms with Crippen molar-refractivity contribution < 1.29 is 9.53 Å². The number of aromatic amines is 1. The molecule has 3 rings (SSSR count). The summed E-state index contributed by atoms with van der Waals surface area (Å²) in [5, 5.41) is 1.02. The molecule has 5 heteroatoms. The lowest BCUT2D eigenvalue weighted by atomic mass is 10.0. The quantitative estimate of drug-likeness (QED) is 0.942. The molecule has 0 atom stereocenters. The summed E-state index contributed by atoms with van der Waals surface area (Å²) in [4.78, 5) is 29.3. The van der Waals surface area contributed by atoms with Gasteiger partial charge in [-0.1, -0.05) is 12.1 Å². The molecule has 1 aromatic carbocycles. The van der Waals surface area contributed by atoms with E-state index in [1.54, 1.807) is 0 Å². The number of aromatic nitrogens is 1. The van der Waals surface area contributed by atoms with Crippen molar-refractivity contribution in [1.29, 1.82) is 0 Å². The summed E-state index contributed by atoms with van der Waals surface area (Å²) < 4.78 is 5.25. The van der Waals surface area contributed by atoms with E-state index in [2.05, 4.69) is 11.1 Å². The molecule has 122 valence electrons. The van der Waals surface area contributed by atoms with Gasteiger partial charge in [0.05, 0.1) is 18.7 Å². The Balaban J connectivity index is 1.78.